The van der Waals surface area contributed by atoms with Crippen LogP contribution >= 0.6 is 0 Å². The third kappa shape index (κ3) is 5.67. The number of hydrogen-bond acceptors (Lipinski definition) is 6. The molecule has 0 heterocycles. The number of ether oxygens (including phenoxy) is 1. The number of nitrogens with zero attached hydrogens (tertiary/aromatic N) is 1. The predicted molar refractivity (Wildman–Crippen MR) is 51.0 cm³/mol. The molecular formula is C7H15NO6S. The molecule has 0 saturated heterocycles. The van der Waals surface area contributed by atoms with E-state index in [1.807, 2.05) is 6.92 Å². The SMILES string of the molecule is CCCOCN(C)S(=O)(=O)OC(=O)CO. The van der Waals surface area contributed by atoms with Crippen molar-refractivity contribution >= 4 is 16.3 Å². The second-order valence-electron chi connectivity index (χ2n) is 2.71. The zero-order valence-corrected chi connectivity index (χ0v) is 9.49. The third-order valence-corrected chi connectivity index (χ3v) is 2.60. The molecule has 8 heteroatoms. The maximum absolute atomic E-state index is 11.2. The van der Waals surface area contributed by atoms with Gasteiger partial charge in [0, 0.05) is 13.7 Å². The molecule has 7 nitrogen and oxygen atoms in total. The van der Waals surface area contributed by atoms with Gasteiger partial charge in [-0.2, -0.15) is 8.42 Å². The molecule has 0 aliphatic rings. The Balaban J connectivity index is 4.14. The minimum Gasteiger partial charge on any atom is -0.385 e. The van der Waals surface area contributed by atoms with Crippen LogP contribution in [-0.2, 0) is 24.0 Å². The summed E-state index contributed by atoms with van der Waals surface area (Å²) in [7, 11) is -2.95. The summed E-state index contributed by atoms with van der Waals surface area (Å²) in [4.78, 5) is 10.5. The first-order valence-electron chi connectivity index (χ1n) is 4.31. The van der Waals surface area contributed by atoms with E-state index >= 15 is 0 Å². The smallest absolute Gasteiger partial charge is 0.385 e. The lowest BCUT2D eigenvalue weighted by molar-refractivity contribution is -0.137. The lowest BCUT2D eigenvalue weighted by Crippen LogP contribution is -2.33. The normalized spacial score (nSPS) is 11.7. The number of aliphatic hydroxyl groups excluding tert-OH is 1. The van der Waals surface area contributed by atoms with Crippen LogP contribution in [0.25, 0.3) is 0 Å². The Labute approximate surface area is 88.8 Å². The van der Waals surface area contributed by atoms with Crippen LogP contribution in [0.2, 0.25) is 0 Å². The maximum atomic E-state index is 11.2. The molecule has 0 aromatic carbocycles. The average molecular weight is 241 g/mol. The summed E-state index contributed by atoms with van der Waals surface area (Å²) >= 11 is 0. The van der Waals surface area contributed by atoms with Crippen LogP contribution in [0.15, 0.2) is 0 Å². The Morgan fingerprint density at radius 2 is 2.07 bits per heavy atom. The summed E-state index contributed by atoms with van der Waals surface area (Å²) in [5, 5.41) is 8.31. The van der Waals surface area contributed by atoms with Gasteiger partial charge in [-0.1, -0.05) is 6.92 Å². The molecule has 0 fully saturated rings. The molecular weight excluding hydrogens is 226 g/mol. The van der Waals surface area contributed by atoms with Gasteiger partial charge in [-0.05, 0) is 6.42 Å². The van der Waals surface area contributed by atoms with Gasteiger partial charge < -0.3 is 14.0 Å². The van der Waals surface area contributed by atoms with Gasteiger partial charge in [-0.15, -0.1) is 4.31 Å². The summed E-state index contributed by atoms with van der Waals surface area (Å²) in [5.41, 5.74) is 0. The van der Waals surface area contributed by atoms with E-state index in [9.17, 15) is 13.2 Å². The highest BCUT2D eigenvalue weighted by Crippen LogP contribution is 2.00. The van der Waals surface area contributed by atoms with Gasteiger partial charge in [0.15, 0.2) is 0 Å². The average Bonchev–Trinajstić information content (AvgIpc) is 2.17. The van der Waals surface area contributed by atoms with Crippen LogP contribution < -0.4 is 0 Å². The molecule has 90 valence electrons. The first-order valence-corrected chi connectivity index (χ1v) is 5.67. The van der Waals surface area contributed by atoms with E-state index in [4.69, 9.17) is 9.84 Å². The minimum absolute atomic E-state index is 0.200. The van der Waals surface area contributed by atoms with Gasteiger partial charge in [0.25, 0.3) is 0 Å². The maximum Gasteiger partial charge on any atom is 0.389 e. The zero-order chi connectivity index (χ0) is 11.9. The zero-order valence-electron chi connectivity index (χ0n) is 8.67. The van der Waals surface area contributed by atoms with Crippen LogP contribution in [0.5, 0.6) is 0 Å². The van der Waals surface area contributed by atoms with Crippen molar-refractivity contribution in [3.05, 3.63) is 0 Å². The highest BCUT2D eigenvalue weighted by molar-refractivity contribution is 7.84. The lowest BCUT2D eigenvalue weighted by Gasteiger charge is -2.15. The number of aliphatic hydroxyl groups is 1. The topological polar surface area (TPSA) is 93.1 Å². The van der Waals surface area contributed by atoms with Gasteiger partial charge in [0.05, 0.1) is 0 Å². The molecule has 1 N–H and O–H groups in total. The molecule has 0 radical (unpaired) electrons. The second kappa shape index (κ2) is 6.72. The molecule has 0 rings (SSSR count). The summed E-state index contributed by atoms with van der Waals surface area (Å²) in [6.45, 7) is 1.10. The van der Waals surface area contributed by atoms with E-state index in [-0.39, 0.29) is 6.73 Å². The Morgan fingerprint density at radius 3 is 2.53 bits per heavy atom. The monoisotopic (exact) mass is 241 g/mol. The molecule has 0 amide bonds. The van der Waals surface area contributed by atoms with Crippen molar-refractivity contribution in [1.82, 2.24) is 4.31 Å². The molecule has 0 aliphatic carbocycles. The van der Waals surface area contributed by atoms with E-state index in [2.05, 4.69) is 4.18 Å². The quantitative estimate of drug-likeness (QED) is 0.458. The molecule has 15 heavy (non-hydrogen) atoms. The Hall–Kier alpha value is -0.700. The first-order chi connectivity index (χ1) is 6.94. The fourth-order valence-electron chi connectivity index (χ4n) is 0.609. The van der Waals surface area contributed by atoms with Crippen molar-refractivity contribution in [3.63, 3.8) is 0 Å². The van der Waals surface area contributed by atoms with Gasteiger partial charge in [0.2, 0.25) is 0 Å². The number of hydrogen-bond donors (Lipinski definition) is 1. The van der Waals surface area contributed by atoms with Crippen molar-refractivity contribution < 1.29 is 27.2 Å². The van der Waals surface area contributed by atoms with Gasteiger partial charge in [-0.25, -0.2) is 4.79 Å². The van der Waals surface area contributed by atoms with Crippen LogP contribution in [0.4, 0.5) is 0 Å². The Morgan fingerprint density at radius 1 is 1.47 bits per heavy atom. The minimum atomic E-state index is -4.15. The highest BCUT2D eigenvalue weighted by atomic mass is 32.2. The van der Waals surface area contributed by atoms with Crippen molar-refractivity contribution in [3.8, 4) is 0 Å². The summed E-state index contributed by atoms with van der Waals surface area (Å²) in [5.74, 6) is -1.22. The van der Waals surface area contributed by atoms with Crippen LogP contribution in [0.1, 0.15) is 13.3 Å². The first kappa shape index (κ1) is 14.3. The van der Waals surface area contributed by atoms with Gasteiger partial charge in [-0.3, -0.25) is 0 Å². The number of carbonyl (C=O) groups excluding carboxylic acids is 1. The molecule has 0 aromatic heterocycles. The van der Waals surface area contributed by atoms with Crippen LogP contribution in [-0.4, -0.2) is 50.8 Å². The lowest BCUT2D eigenvalue weighted by atomic mass is 10.5. The van der Waals surface area contributed by atoms with E-state index < -0.39 is 22.9 Å². The standard InChI is InChI=1S/C7H15NO6S/c1-3-4-13-6-8(2)15(11,12)14-7(10)5-9/h9H,3-6H2,1-2H3. The van der Waals surface area contributed by atoms with Gasteiger partial charge in [0.1, 0.15) is 13.3 Å². The number of rotatable bonds is 7. The largest absolute Gasteiger partial charge is 0.389 e. The van der Waals surface area contributed by atoms with Gasteiger partial charge >= 0.3 is 16.3 Å². The van der Waals surface area contributed by atoms with Crippen LogP contribution in [0.3, 0.4) is 0 Å². The van der Waals surface area contributed by atoms with Crippen molar-refractivity contribution in [2.24, 2.45) is 0 Å². The van der Waals surface area contributed by atoms with E-state index in [0.29, 0.717) is 6.61 Å². The molecule has 0 unspecified atom stereocenters. The molecule has 0 spiro atoms. The molecule has 0 saturated carbocycles. The molecule has 0 atom stereocenters. The van der Waals surface area contributed by atoms with Crippen molar-refractivity contribution in [1.29, 1.82) is 0 Å². The van der Waals surface area contributed by atoms with Crippen LogP contribution in [0, 0.1) is 0 Å². The summed E-state index contributed by atoms with van der Waals surface area (Å²) in [6.07, 6.45) is 0.754. The third-order valence-electron chi connectivity index (χ3n) is 1.33. The Bertz CT molecular complexity index is 288. The van der Waals surface area contributed by atoms with Crippen molar-refractivity contribution in [2.75, 3.05) is 27.0 Å². The second-order valence-corrected chi connectivity index (χ2v) is 4.35. The fourth-order valence-corrected chi connectivity index (χ4v) is 1.23. The van der Waals surface area contributed by atoms with Crippen molar-refractivity contribution in [2.45, 2.75) is 13.3 Å². The highest BCUT2D eigenvalue weighted by Gasteiger charge is 2.22. The van der Waals surface area contributed by atoms with E-state index in [0.717, 1.165) is 10.7 Å². The summed E-state index contributed by atoms with van der Waals surface area (Å²) in [6, 6.07) is 0. The number of carbonyl (C=O) groups is 1. The predicted octanol–water partition coefficient (Wildman–Crippen LogP) is -0.917. The van der Waals surface area contributed by atoms with E-state index in [1.54, 1.807) is 0 Å². The Kier molecular flexibility index (Phi) is 6.41. The fraction of sp³-hybridized carbons (Fsp3) is 0.857. The van der Waals surface area contributed by atoms with E-state index in [1.165, 1.54) is 7.05 Å². The molecule has 0 bridgehead atoms. The molecule has 0 aromatic rings. The molecule has 0 aliphatic heterocycles. The summed E-state index contributed by atoms with van der Waals surface area (Å²) < 4.78 is 32.1.